The van der Waals surface area contributed by atoms with Crippen LogP contribution in [0.25, 0.3) is 0 Å². The predicted molar refractivity (Wildman–Crippen MR) is 73.3 cm³/mol. The third-order valence-electron chi connectivity index (χ3n) is 2.96. The molecule has 5 nitrogen and oxygen atoms in total. The summed E-state index contributed by atoms with van der Waals surface area (Å²) in [7, 11) is 1.61. The highest BCUT2D eigenvalue weighted by Gasteiger charge is 2.21. The zero-order chi connectivity index (χ0) is 14.6. The summed E-state index contributed by atoms with van der Waals surface area (Å²) in [5, 5.41) is 11.8. The number of hydrogen-bond donors (Lipinski definition) is 2. The van der Waals surface area contributed by atoms with Gasteiger partial charge in [0, 0.05) is 12.1 Å². The van der Waals surface area contributed by atoms with E-state index in [9.17, 15) is 9.59 Å². The summed E-state index contributed by atoms with van der Waals surface area (Å²) >= 11 is 5.80. The first kappa shape index (κ1) is 15.3. The average Bonchev–Trinajstić information content (AvgIpc) is 2.37. The molecule has 1 aromatic rings. The van der Waals surface area contributed by atoms with Crippen LogP contribution < -0.4 is 5.32 Å². The number of urea groups is 1. The molecule has 0 heterocycles. The Morgan fingerprint density at radius 2 is 1.79 bits per heavy atom. The maximum Gasteiger partial charge on any atom is 0.325 e. The summed E-state index contributed by atoms with van der Waals surface area (Å²) < 4.78 is 0. The molecule has 0 aromatic heterocycles. The van der Waals surface area contributed by atoms with E-state index < -0.39 is 18.0 Å². The Kier molecular flexibility index (Phi) is 5.18. The molecule has 6 heteroatoms. The second-order valence-electron chi connectivity index (χ2n) is 4.35. The van der Waals surface area contributed by atoms with Gasteiger partial charge in [-0.15, -0.1) is 0 Å². The van der Waals surface area contributed by atoms with Gasteiger partial charge in [0.25, 0.3) is 0 Å². The molecule has 0 fully saturated rings. The number of hydrogen-bond acceptors (Lipinski definition) is 2. The van der Waals surface area contributed by atoms with Crippen molar-refractivity contribution in [2.45, 2.75) is 25.9 Å². The molecule has 0 aliphatic carbocycles. The first-order valence-corrected chi connectivity index (χ1v) is 6.22. The van der Waals surface area contributed by atoms with E-state index in [1.165, 1.54) is 11.8 Å². The van der Waals surface area contributed by atoms with E-state index in [-0.39, 0.29) is 6.04 Å². The van der Waals surface area contributed by atoms with Crippen molar-refractivity contribution < 1.29 is 14.7 Å². The Morgan fingerprint density at radius 3 is 2.26 bits per heavy atom. The van der Waals surface area contributed by atoms with Crippen molar-refractivity contribution in [2.24, 2.45) is 0 Å². The maximum absolute atomic E-state index is 11.9. The Labute approximate surface area is 117 Å². The van der Waals surface area contributed by atoms with Gasteiger partial charge in [-0.1, -0.05) is 23.7 Å². The highest BCUT2D eigenvalue weighted by Crippen LogP contribution is 2.20. The highest BCUT2D eigenvalue weighted by molar-refractivity contribution is 6.30. The molecule has 0 spiro atoms. The number of benzene rings is 1. The van der Waals surface area contributed by atoms with Crippen LogP contribution in [0.15, 0.2) is 24.3 Å². The molecule has 0 saturated heterocycles. The number of nitrogens with one attached hydrogen (secondary N) is 1. The monoisotopic (exact) mass is 284 g/mol. The number of aliphatic carboxylic acids is 1. The first-order valence-electron chi connectivity index (χ1n) is 5.84. The van der Waals surface area contributed by atoms with Gasteiger partial charge in [0.05, 0.1) is 6.04 Å². The molecule has 2 N–H and O–H groups in total. The third-order valence-corrected chi connectivity index (χ3v) is 3.22. The van der Waals surface area contributed by atoms with E-state index in [0.29, 0.717) is 5.02 Å². The lowest BCUT2D eigenvalue weighted by molar-refractivity contribution is -0.138. The molecule has 2 unspecified atom stereocenters. The second kappa shape index (κ2) is 6.43. The Hall–Kier alpha value is -1.75. The lowest BCUT2D eigenvalue weighted by atomic mass is 10.1. The van der Waals surface area contributed by atoms with E-state index in [1.54, 1.807) is 19.2 Å². The van der Waals surface area contributed by atoms with Crippen molar-refractivity contribution in [2.75, 3.05) is 7.05 Å². The van der Waals surface area contributed by atoms with Gasteiger partial charge in [-0.05, 0) is 31.5 Å². The number of carbonyl (C=O) groups is 2. The molecule has 1 rings (SSSR count). The van der Waals surface area contributed by atoms with Crippen LogP contribution in [0.5, 0.6) is 0 Å². The van der Waals surface area contributed by atoms with Gasteiger partial charge < -0.3 is 15.3 Å². The molecule has 0 aliphatic heterocycles. The standard InChI is InChI=1S/C13H17ClN2O3/c1-8(12(17)18)15-13(19)16(3)9(2)10-4-6-11(14)7-5-10/h4-9H,1-3H3,(H,15,19)(H,17,18). The number of carbonyl (C=O) groups excluding carboxylic acids is 1. The van der Waals surface area contributed by atoms with E-state index in [1.807, 2.05) is 19.1 Å². The number of carboxylic acids is 1. The largest absolute Gasteiger partial charge is 0.480 e. The number of nitrogens with zero attached hydrogens (tertiary/aromatic N) is 1. The van der Waals surface area contributed by atoms with E-state index >= 15 is 0 Å². The Bertz CT molecular complexity index is 461. The van der Waals surface area contributed by atoms with Gasteiger partial charge in [-0.3, -0.25) is 4.79 Å². The quantitative estimate of drug-likeness (QED) is 0.892. The van der Waals surface area contributed by atoms with Crippen LogP contribution >= 0.6 is 11.6 Å². The minimum absolute atomic E-state index is 0.182. The van der Waals surface area contributed by atoms with Crippen LogP contribution in [0.2, 0.25) is 5.02 Å². The summed E-state index contributed by atoms with van der Waals surface area (Å²) in [6.45, 7) is 3.27. The van der Waals surface area contributed by atoms with Crippen LogP contribution in [0.1, 0.15) is 25.5 Å². The topological polar surface area (TPSA) is 69.6 Å². The van der Waals surface area contributed by atoms with Crippen LogP contribution in [-0.2, 0) is 4.79 Å². The molecular formula is C13H17ClN2O3. The van der Waals surface area contributed by atoms with Crippen molar-refractivity contribution in [3.05, 3.63) is 34.9 Å². The second-order valence-corrected chi connectivity index (χ2v) is 4.78. The Balaban J connectivity index is 2.71. The zero-order valence-electron chi connectivity index (χ0n) is 11.1. The van der Waals surface area contributed by atoms with Gasteiger partial charge in [0.15, 0.2) is 0 Å². The summed E-state index contributed by atoms with van der Waals surface area (Å²) in [5.74, 6) is -1.07. The minimum atomic E-state index is -1.07. The van der Waals surface area contributed by atoms with Crippen LogP contribution in [0.4, 0.5) is 4.79 Å². The fourth-order valence-corrected chi connectivity index (χ4v) is 1.62. The molecule has 0 radical (unpaired) electrons. The molecule has 0 saturated carbocycles. The van der Waals surface area contributed by atoms with Crippen molar-refractivity contribution >= 4 is 23.6 Å². The van der Waals surface area contributed by atoms with Crippen LogP contribution in [0.3, 0.4) is 0 Å². The van der Waals surface area contributed by atoms with Crippen LogP contribution in [-0.4, -0.2) is 35.1 Å². The molecule has 0 aliphatic rings. The van der Waals surface area contributed by atoms with Crippen LogP contribution in [0, 0.1) is 0 Å². The summed E-state index contributed by atoms with van der Waals surface area (Å²) in [5.41, 5.74) is 0.921. The van der Waals surface area contributed by atoms with Crippen molar-refractivity contribution in [1.82, 2.24) is 10.2 Å². The lowest BCUT2D eigenvalue weighted by Crippen LogP contribution is -2.45. The molecule has 19 heavy (non-hydrogen) atoms. The molecule has 104 valence electrons. The first-order chi connectivity index (χ1) is 8.82. The van der Waals surface area contributed by atoms with Crippen molar-refractivity contribution in [3.63, 3.8) is 0 Å². The van der Waals surface area contributed by atoms with Gasteiger partial charge >= 0.3 is 12.0 Å². The van der Waals surface area contributed by atoms with Crippen molar-refractivity contribution in [1.29, 1.82) is 0 Å². The number of amides is 2. The Morgan fingerprint density at radius 1 is 1.26 bits per heavy atom. The van der Waals surface area contributed by atoms with E-state index in [2.05, 4.69) is 5.32 Å². The normalized spacial score (nSPS) is 13.5. The smallest absolute Gasteiger partial charge is 0.325 e. The number of carboxylic acid groups (broad SMARTS) is 1. The van der Waals surface area contributed by atoms with Gasteiger partial charge in [0.1, 0.15) is 6.04 Å². The highest BCUT2D eigenvalue weighted by atomic mass is 35.5. The summed E-state index contributed by atoms with van der Waals surface area (Å²) in [4.78, 5) is 24.0. The van der Waals surface area contributed by atoms with Crippen molar-refractivity contribution in [3.8, 4) is 0 Å². The molecule has 2 atom stereocenters. The molecule has 0 bridgehead atoms. The fraction of sp³-hybridized carbons (Fsp3) is 0.385. The van der Waals surface area contributed by atoms with E-state index in [4.69, 9.17) is 16.7 Å². The number of rotatable bonds is 4. The zero-order valence-corrected chi connectivity index (χ0v) is 11.8. The molecular weight excluding hydrogens is 268 g/mol. The minimum Gasteiger partial charge on any atom is -0.480 e. The van der Waals surface area contributed by atoms with Gasteiger partial charge in [-0.2, -0.15) is 0 Å². The molecule has 2 amide bonds. The summed E-state index contributed by atoms with van der Waals surface area (Å²) in [6, 6.07) is 5.62. The molecule has 1 aromatic carbocycles. The predicted octanol–water partition coefficient (Wildman–Crippen LogP) is 2.52. The van der Waals surface area contributed by atoms with E-state index in [0.717, 1.165) is 5.56 Å². The average molecular weight is 285 g/mol. The third kappa shape index (κ3) is 4.13. The fourth-order valence-electron chi connectivity index (χ4n) is 1.49. The maximum atomic E-state index is 11.9. The van der Waals surface area contributed by atoms with Gasteiger partial charge in [-0.25, -0.2) is 4.79 Å². The lowest BCUT2D eigenvalue weighted by Gasteiger charge is -2.26. The number of halogens is 1. The SMILES string of the molecule is CC(NC(=O)N(C)C(C)c1ccc(Cl)cc1)C(=O)O. The summed E-state index contributed by atoms with van der Waals surface area (Å²) in [6.07, 6.45) is 0. The van der Waals surface area contributed by atoms with Gasteiger partial charge in [0.2, 0.25) is 0 Å².